The van der Waals surface area contributed by atoms with Gasteiger partial charge in [0.15, 0.2) is 0 Å². The quantitative estimate of drug-likeness (QED) is 0.0718. The predicted octanol–water partition coefficient (Wildman–Crippen LogP) is 9.87. The van der Waals surface area contributed by atoms with Gasteiger partial charge in [-0.1, -0.05) is 102 Å². The van der Waals surface area contributed by atoms with Crippen molar-refractivity contribution in [3.63, 3.8) is 0 Å². The van der Waals surface area contributed by atoms with Crippen molar-refractivity contribution in [2.45, 2.75) is 155 Å². The maximum Gasteiger partial charge on any atom is 0.303 e. The van der Waals surface area contributed by atoms with Crippen LogP contribution in [0.1, 0.15) is 155 Å². The molecule has 0 spiro atoms. The molecule has 0 aliphatic carbocycles. The molecule has 0 bridgehead atoms. The van der Waals surface area contributed by atoms with Crippen LogP contribution >= 0.6 is 0 Å². The van der Waals surface area contributed by atoms with Crippen LogP contribution in [0.5, 0.6) is 0 Å². The Morgan fingerprint density at radius 1 is 0.457 bits per heavy atom. The first-order chi connectivity index (χ1) is 16.5. The molecular weight excluding hydrogens is 490 g/mol. The Morgan fingerprint density at radius 3 is 0.971 bits per heavy atom. The fourth-order valence-corrected chi connectivity index (χ4v) is 3.63. The van der Waals surface area contributed by atoms with Crippen molar-refractivity contribution in [2.75, 3.05) is 0 Å². The van der Waals surface area contributed by atoms with E-state index >= 15 is 0 Å². The van der Waals surface area contributed by atoms with Gasteiger partial charge in [-0.25, -0.2) is 0 Å². The molecule has 0 aromatic heterocycles. The van der Waals surface area contributed by atoms with Gasteiger partial charge in [0.2, 0.25) is 0 Å². The second-order valence-corrected chi connectivity index (χ2v) is 9.33. The van der Waals surface area contributed by atoms with Gasteiger partial charge < -0.3 is 10.2 Å². The Morgan fingerprint density at radius 2 is 0.714 bits per heavy atom. The Kier molecular flexibility index (Phi) is 38.8. The zero-order valence-electron chi connectivity index (χ0n) is 23.3. The fraction of sp³-hybridized carbons (Fsp3) is 0.800. The molecule has 35 heavy (non-hydrogen) atoms. The van der Waals surface area contributed by atoms with Gasteiger partial charge in [0, 0.05) is 32.3 Å². The topological polar surface area (TPSA) is 74.6 Å². The second kappa shape index (κ2) is 35.2. The van der Waals surface area contributed by atoms with Gasteiger partial charge in [-0.3, -0.25) is 9.59 Å². The third-order valence-electron chi connectivity index (χ3n) is 5.80. The van der Waals surface area contributed by atoms with Gasteiger partial charge in [0.1, 0.15) is 0 Å². The third kappa shape index (κ3) is 43.5. The summed E-state index contributed by atoms with van der Waals surface area (Å²) in [5, 5.41) is 16.9. The summed E-state index contributed by atoms with van der Waals surface area (Å²) in [6.45, 7) is 4.47. The van der Waals surface area contributed by atoms with Gasteiger partial charge in [0.25, 0.3) is 0 Å². The van der Waals surface area contributed by atoms with E-state index < -0.39 is 11.9 Å². The van der Waals surface area contributed by atoms with E-state index in [1.54, 1.807) is 0 Å². The van der Waals surface area contributed by atoms with Crippen LogP contribution in [-0.4, -0.2) is 22.2 Å². The number of carbonyl (C=O) groups is 2. The Balaban J connectivity index is -0.000000569. The molecule has 4 nitrogen and oxygen atoms in total. The van der Waals surface area contributed by atoms with Crippen LogP contribution in [0.15, 0.2) is 24.3 Å². The maximum absolute atomic E-state index is 10.3. The molecule has 5 heteroatoms. The van der Waals surface area contributed by atoms with E-state index in [0.29, 0.717) is 12.8 Å². The third-order valence-corrected chi connectivity index (χ3v) is 5.80. The average Bonchev–Trinajstić information content (AvgIpc) is 2.80. The summed E-state index contributed by atoms with van der Waals surface area (Å²) >= 11 is 0. The van der Waals surface area contributed by atoms with Crippen LogP contribution in [0.4, 0.5) is 0 Å². The number of carboxylic acid groups (broad SMARTS) is 2. The summed E-state index contributed by atoms with van der Waals surface area (Å²) in [6, 6.07) is 0. The van der Waals surface area contributed by atoms with E-state index in [-0.39, 0.29) is 19.5 Å². The Labute approximate surface area is 230 Å². The minimum Gasteiger partial charge on any atom is -0.481 e. The molecule has 0 saturated carbocycles. The molecule has 0 radical (unpaired) electrons. The van der Waals surface area contributed by atoms with Crippen LogP contribution in [0, 0.1) is 0 Å². The summed E-state index contributed by atoms with van der Waals surface area (Å²) in [5.41, 5.74) is 0. The van der Waals surface area contributed by atoms with E-state index in [1.807, 2.05) is 0 Å². The summed E-state index contributed by atoms with van der Waals surface area (Å²) < 4.78 is 0. The summed E-state index contributed by atoms with van der Waals surface area (Å²) in [7, 11) is 0. The number of allylic oxidation sites excluding steroid dienone is 4. The maximum atomic E-state index is 10.3. The zero-order chi connectivity index (χ0) is 25.5. The van der Waals surface area contributed by atoms with Gasteiger partial charge >= 0.3 is 11.9 Å². The van der Waals surface area contributed by atoms with Gasteiger partial charge in [-0.05, 0) is 64.2 Å². The molecule has 2 N–H and O–H groups in total. The summed E-state index contributed by atoms with van der Waals surface area (Å²) in [4.78, 5) is 20.5. The van der Waals surface area contributed by atoms with Crippen LogP contribution < -0.4 is 0 Å². The van der Waals surface area contributed by atoms with E-state index in [1.165, 1.54) is 77.0 Å². The molecule has 0 atom stereocenters. The van der Waals surface area contributed by atoms with Gasteiger partial charge in [-0.15, -0.1) is 0 Å². The van der Waals surface area contributed by atoms with E-state index in [4.69, 9.17) is 10.2 Å². The van der Waals surface area contributed by atoms with Crippen molar-refractivity contribution >= 4 is 11.9 Å². The largest absolute Gasteiger partial charge is 0.481 e. The van der Waals surface area contributed by atoms with Gasteiger partial charge in [0.05, 0.1) is 0 Å². The van der Waals surface area contributed by atoms with Crippen molar-refractivity contribution < 1.29 is 39.3 Å². The van der Waals surface area contributed by atoms with Crippen LogP contribution in [0.2, 0.25) is 0 Å². The summed E-state index contributed by atoms with van der Waals surface area (Å²) in [5.74, 6) is -1.34. The second-order valence-electron chi connectivity index (χ2n) is 9.33. The molecule has 0 rings (SSSR count). The predicted molar refractivity (Wildman–Crippen MR) is 146 cm³/mol. The molecule has 0 aliphatic rings. The molecule has 0 saturated heterocycles. The first-order valence-corrected chi connectivity index (χ1v) is 14.3. The number of aliphatic carboxylic acids is 2. The van der Waals surface area contributed by atoms with Crippen LogP contribution in [0.25, 0.3) is 0 Å². The molecule has 0 fully saturated rings. The number of rotatable bonds is 24. The van der Waals surface area contributed by atoms with Crippen LogP contribution in [-0.2, 0) is 29.1 Å². The fourth-order valence-electron chi connectivity index (χ4n) is 3.63. The number of hydrogen-bond acceptors (Lipinski definition) is 2. The van der Waals surface area contributed by atoms with E-state index in [0.717, 1.165) is 51.4 Å². The standard InChI is InChI=1S/2C15H28O2.Zn/c2*1-2-3-4-5-6-7-8-9-10-11-12-13-14-15(16)17;/h2*7-8H,2-6,9-14H2,1H3,(H,16,17);. The SMILES string of the molecule is CCCCCCC=CCCCCCCC(=O)O.CCCCCCC=CCCCCCCC(=O)O.[Zn]. The van der Waals surface area contributed by atoms with E-state index in [9.17, 15) is 9.59 Å². The molecule has 202 valence electrons. The number of hydrogen-bond donors (Lipinski definition) is 2. The molecule has 0 amide bonds. The normalized spacial score (nSPS) is 10.8. The molecule has 0 heterocycles. The zero-order valence-corrected chi connectivity index (χ0v) is 26.3. The van der Waals surface area contributed by atoms with Crippen molar-refractivity contribution in [2.24, 2.45) is 0 Å². The Hall–Kier alpha value is -0.957. The molecule has 0 unspecified atom stereocenters. The first-order valence-electron chi connectivity index (χ1n) is 14.3. The van der Waals surface area contributed by atoms with E-state index in [2.05, 4.69) is 38.2 Å². The Bertz CT molecular complexity index is 445. The molecule has 0 aromatic rings. The van der Waals surface area contributed by atoms with Crippen molar-refractivity contribution in [1.29, 1.82) is 0 Å². The molecule has 0 aromatic carbocycles. The van der Waals surface area contributed by atoms with Crippen molar-refractivity contribution in [1.82, 2.24) is 0 Å². The van der Waals surface area contributed by atoms with Gasteiger partial charge in [-0.2, -0.15) is 0 Å². The molecule has 0 aliphatic heterocycles. The number of carboxylic acids is 2. The average molecular weight is 546 g/mol. The van der Waals surface area contributed by atoms with Crippen molar-refractivity contribution in [3.05, 3.63) is 24.3 Å². The van der Waals surface area contributed by atoms with Crippen molar-refractivity contribution in [3.8, 4) is 0 Å². The monoisotopic (exact) mass is 544 g/mol. The molecular formula is C30H56O4Zn. The summed E-state index contributed by atoms with van der Waals surface area (Å²) in [6.07, 6.45) is 33.7. The smallest absolute Gasteiger partial charge is 0.303 e. The minimum absolute atomic E-state index is 0. The number of unbranched alkanes of at least 4 members (excludes halogenated alkanes) is 16. The first kappa shape index (κ1) is 38.6. The minimum atomic E-state index is -0.669. The van der Waals surface area contributed by atoms with Crippen LogP contribution in [0.3, 0.4) is 0 Å².